The minimum absolute atomic E-state index is 0.0109. The van der Waals surface area contributed by atoms with E-state index in [0.717, 1.165) is 11.3 Å². The molecule has 114 valence electrons. The highest BCUT2D eigenvalue weighted by Crippen LogP contribution is 2.12. The summed E-state index contributed by atoms with van der Waals surface area (Å²) in [4.78, 5) is 18.3. The first-order valence-corrected chi connectivity index (χ1v) is 7.23. The molecular weight excluding hydrogens is 288 g/mol. The van der Waals surface area contributed by atoms with Crippen molar-refractivity contribution in [1.82, 2.24) is 19.6 Å². The predicted octanol–water partition coefficient (Wildman–Crippen LogP) is 2.33. The van der Waals surface area contributed by atoms with Crippen LogP contribution in [0.1, 0.15) is 26.5 Å². The number of imidazole rings is 1. The lowest BCUT2D eigenvalue weighted by molar-refractivity contribution is -0.123. The summed E-state index contributed by atoms with van der Waals surface area (Å²) in [5.41, 5.74) is 1.54. The van der Waals surface area contributed by atoms with Crippen molar-refractivity contribution in [2.75, 3.05) is 13.6 Å². The second-order valence-corrected chi connectivity index (χ2v) is 6.75. The fraction of sp³-hybridized carbons (Fsp3) is 0.467. The third-order valence-corrected chi connectivity index (χ3v) is 3.05. The fourth-order valence-corrected chi connectivity index (χ4v) is 2.30. The lowest BCUT2D eigenvalue weighted by Gasteiger charge is -2.22. The number of hydrogen-bond donors (Lipinski definition) is 1. The van der Waals surface area contributed by atoms with Crippen LogP contribution in [-0.2, 0) is 11.3 Å². The van der Waals surface area contributed by atoms with E-state index in [1.807, 2.05) is 61.6 Å². The molecular formula is C15H21ClN4O. The molecule has 2 heterocycles. The molecule has 2 aromatic rings. The Morgan fingerprint density at radius 1 is 1.38 bits per heavy atom. The number of fused-ring (bicyclic) bond motifs is 1. The van der Waals surface area contributed by atoms with Gasteiger partial charge in [-0.2, -0.15) is 0 Å². The van der Waals surface area contributed by atoms with E-state index in [-0.39, 0.29) is 11.4 Å². The smallest absolute Gasteiger partial charge is 0.234 e. The van der Waals surface area contributed by atoms with Gasteiger partial charge in [-0.15, -0.1) is 0 Å². The number of nitrogens with one attached hydrogen (secondary N) is 1. The lowest BCUT2D eigenvalue weighted by Crippen LogP contribution is -2.45. The average Bonchev–Trinajstić information content (AvgIpc) is 2.66. The molecule has 5 nitrogen and oxygen atoms in total. The van der Waals surface area contributed by atoms with Crippen molar-refractivity contribution in [1.29, 1.82) is 0 Å². The van der Waals surface area contributed by atoms with E-state index in [9.17, 15) is 4.79 Å². The van der Waals surface area contributed by atoms with E-state index in [1.165, 1.54) is 0 Å². The highest BCUT2D eigenvalue weighted by atomic mass is 35.5. The molecule has 0 bridgehead atoms. The number of amides is 1. The molecule has 0 aromatic carbocycles. The topological polar surface area (TPSA) is 49.6 Å². The van der Waals surface area contributed by atoms with Gasteiger partial charge in [0.2, 0.25) is 5.91 Å². The third kappa shape index (κ3) is 4.72. The number of hydrogen-bond acceptors (Lipinski definition) is 3. The van der Waals surface area contributed by atoms with E-state index < -0.39 is 0 Å². The van der Waals surface area contributed by atoms with Crippen LogP contribution in [0.3, 0.4) is 0 Å². The second-order valence-electron chi connectivity index (χ2n) is 6.32. The molecule has 0 aliphatic rings. The van der Waals surface area contributed by atoms with Crippen molar-refractivity contribution in [3.8, 4) is 0 Å². The molecule has 0 aliphatic carbocycles. The first kappa shape index (κ1) is 15.8. The van der Waals surface area contributed by atoms with Gasteiger partial charge in [0.25, 0.3) is 0 Å². The molecule has 0 radical (unpaired) electrons. The summed E-state index contributed by atoms with van der Waals surface area (Å²) in [5.74, 6) is 0.0109. The van der Waals surface area contributed by atoms with Crippen LogP contribution in [0, 0.1) is 0 Å². The Bertz CT molecular complexity index is 645. The average molecular weight is 309 g/mol. The molecule has 1 N–H and O–H groups in total. The van der Waals surface area contributed by atoms with Crippen LogP contribution >= 0.6 is 11.6 Å². The molecule has 2 aromatic heterocycles. The van der Waals surface area contributed by atoms with Crippen LogP contribution in [0.5, 0.6) is 0 Å². The maximum atomic E-state index is 11.9. The normalized spacial score (nSPS) is 12.1. The molecule has 0 atom stereocenters. The largest absolute Gasteiger partial charge is 0.350 e. The maximum Gasteiger partial charge on any atom is 0.234 e. The first-order chi connectivity index (χ1) is 9.73. The number of aromatic nitrogens is 2. The zero-order valence-electron chi connectivity index (χ0n) is 12.9. The van der Waals surface area contributed by atoms with Gasteiger partial charge in [-0.3, -0.25) is 9.69 Å². The molecule has 21 heavy (non-hydrogen) atoms. The van der Waals surface area contributed by atoms with Gasteiger partial charge in [0.15, 0.2) is 0 Å². The Morgan fingerprint density at radius 2 is 2.10 bits per heavy atom. The van der Waals surface area contributed by atoms with E-state index in [1.54, 1.807) is 0 Å². The molecule has 0 unspecified atom stereocenters. The van der Waals surface area contributed by atoms with Crippen LogP contribution in [0.2, 0.25) is 5.02 Å². The van der Waals surface area contributed by atoms with E-state index in [2.05, 4.69) is 10.3 Å². The molecule has 0 saturated carbocycles. The highest BCUT2D eigenvalue weighted by Gasteiger charge is 2.15. The molecule has 2 rings (SSSR count). The predicted molar refractivity (Wildman–Crippen MR) is 84.4 cm³/mol. The molecule has 0 aliphatic heterocycles. The number of pyridine rings is 1. The fourth-order valence-electron chi connectivity index (χ4n) is 2.13. The van der Waals surface area contributed by atoms with Gasteiger partial charge in [-0.1, -0.05) is 11.6 Å². The first-order valence-electron chi connectivity index (χ1n) is 6.86. The Morgan fingerprint density at radius 3 is 2.76 bits per heavy atom. The van der Waals surface area contributed by atoms with Crippen LogP contribution in [0.15, 0.2) is 24.5 Å². The number of nitrogens with zero attached hydrogens (tertiary/aromatic N) is 3. The Labute approximate surface area is 129 Å². The molecule has 0 saturated heterocycles. The second kappa shape index (κ2) is 6.03. The number of carbonyl (C=O) groups is 1. The maximum absolute atomic E-state index is 11.9. The van der Waals surface area contributed by atoms with Gasteiger partial charge in [-0.05, 0) is 40.0 Å². The van der Waals surface area contributed by atoms with Crippen molar-refractivity contribution >= 4 is 23.2 Å². The zero-order chi connectivity index (χ0) is 15.6. The summed E-state index contributed by atoms with van der Waals surface area (Å²) < 4.78 is 1.89. The van der Waals surface area contributed by atoms with Crippen LogP contribution in [0.4, 0.5) is 0 Å². The Kier molecular flexibility index (Phi) is 4.54. The quantitative estimate of drug-likeness (QED) is 0.943. The van der Waals surface area contributed by atoms with Crippen LogP contribution in [-0.4, -0.2) is 39.3 Å². The minimum atomic E-state index is -0.211. The van der Waals surface area contributed by atoms with E-state index >= 15 is 0 Å². The summed E-state index contributed by atoms with van der Waals surface area (Å²) in [6.45, 7) is 6.85. The van der Waals surface area contributed by atoms with Gasteiger partial charge in [0, 0.05) is 24.5 Å². The van der Waals surface area contributed by atoms with Crippen LogP contribution < -0.4 is 5.32 Å². The standard InChI is InChI=1S/C15H21ClN4O/c1-15(2,3)18-14(21)10-19(4)8-12-9-20-7-11(16)5-6-13(20)17-12/h5-7,9H,8,10H2,1-4H3,(H,18,21). The van der Waals surface area contributed by atoms with E-state index in [0.29, 0.717) is 18.1 Å². The number of halogens is 1. The molecule has 1 amide bonds. The van der Waals surface area contributed by atoms with Gasteiger partial charge in [0.1, 0.15) is 5.65 Å². The van der Waals surface area contributed by atoms with Gasteiger partial charge in [-0.25, -0.2) is 4.98 Å². The summed E-state index contributed by atoms with van der Waals surface area (Å²) in [5, 5.41) is 3.62. The summed E-state index contributed by atoms with van der Waals surface area (Å²) in [6, 6.07) is 3.69. The molecule has 6 heteroatoms. The Hall–Kier alpha value is -1.59. The number of carbonyl (C=O) groups excluding carboxylic acids is 1. The van der Waals surface area contributed by atoms with Crippen molar-refractivity contribution in [2.24, 2.45) is 0 Å². The lowest BCUT2D eigenvalue weighted by atomic mass is 10.1. The van der Waals surface area contributed by atoms with Gasteiger partial charge >= 0.3 is 0 Å². The van der Waals surface area contributed by atoms with Crippen molar-refractivity contribution < 1.29 is 4.79 Å². The summed E-state index contributed by atoms with van der Waals surface area (Å²) in [7, 11) is 1.90. The SMILES string of the molecule is CN(CC(=O)NC(C)(C)C)Cc1cn2cc(Cl)ccc2n1. The summed E-state index contributed by atoms with van der Waals surface area (Å²) >= 11 is 5.95. The monoisotopic (exact) mass is 308 g/mol. The highest BCUT2D eigenvalue weighted by molar-refractivity contribution is 6.30. The van der Waals surface area contributed by atoms with Gasteiger partial charge < -0.3 is 9.72 Å². The van der Waals surface area contributed by atoms with Crippen LogP contribution in [0.25, 0.3) is 5.65 Å². The molecule has 0 fully saturated rings. The van der Waals surface area contributed by atoms with E-state index in [4.69, 9.17) is 11.6 Å². The zero-order valence-corrected chi connectivity index (χ0v) is 13.6. The third-order valence-electron chi connectivity index (χ3n) is 2.82. The van der Waals surface area contributed by atoms with Gasteiger partial charge in [0.05, 0.1) is 17.3 Å². The minimum Gasteiger partial charge on any atom is -0.350 e. The molecule has 0 spiro atoms. The van der Waals surface area contributed by atoms with Crippen molar-refractivity contribution in [3.05, 3.63) is 35.2 Å². The Balaban J connectivity index is 1.98. The van der Waals surface area contributed by atoms with Crippen molar-refractivity contribution in [3.63, 3.8) is 0 Å². The van der Waals surface area contributed by atoms with Crippen molar-refractivity contribution in [2.45, 2.75) is 32.9 Å². The number of likely N-dealkylation sites (N-methyl/N-ethyl adjacent to an activating group) is 1. The number of rotatable bonds is 4. The summed E-state index contributed by atoms with van der Waals surface area (Å²) in [6.07, 6.45) is 3.75.